The molecule has 0 bridgehead atoms. The van der Waals surface area contributed by atoms with Crippen LogP contribution < -0.4 is 5.32 Å². The number of hydrogen-bond donors (Lipinski definition) is 3. The number of benzene rings is 1. The molecule has 0 aliphatic heterocycles. The molecule has 0 saturated heterocycles. The van der Waals surface area contributed by atoms with E-state index in [0.29, 0.717) is 5.56 Å². The van der Waals surface area contributed by atoms with Crippen molar-refractivity contribution >= 4 is 34.5 Å². The van der Waals surface area contributed by atoms with Crippen molar-refractivity contribution in [2.45, 2.75) is 19.4 Å². The van der Waals surface area contributed by atoms with Crippen LogP contribution in [0.2, 0.25) is 0 Å². The normalized spacial score (nSPS) is 11.7. The molecule has 0 unspecified atom stereocenters. The highest BCUT2D eigenvalue weighted by atomic mass is 16.5. The molecular formula is C21H21N3O6. The molecule has 2 aromatic heterocycles. The Bertz CT molecular complexity index is 1100. The molecule has 1 atom stereocenters. The van der Waals surface area contributed by atoms with E-state index in [2.05, 4.69) is 15.3 Å². The Morgan fingerprint density at radius 1 is 1.10 bits per heavy atom. The first-order valence-corrected chi connectivity index (χ1v) is 9.17. The number of carbonyl (C=O) groups excluding carboxylic acids is 4. The van der Waals surface area contributed by atoms with Gasteiger partial charge >= 0.3 is 11.9 Å². The lowest BCUT2D eigenvalue weighted by atomic mass is 10.0. The number of fused-ring (bicyclic) bond motifs is 1. The summed E-state index contributed by atoms with van der Waals surface area (Å²) in [4.78, 5) is 53.4. The van der Waals surface area contributed by atoms with Gasteiger partial charge in [0.2, 0.25) is 0 Å². The minimum absolute atomic E-state index is 0.0521. The minimum Gasteiger partial charge on any atom is -0.467 e. The fourth-order valence-electron chi connectivity index (χ4n) is 3.02. The molecule has 2 heterocycles. The zero-order chi connectivity index (χ0) is 21.7. The lowest BCUT2D eigenvalue weighted by Crippen LogP contribution is -2.44. The van der Waals surface area contributed by atoms with Crippen molar-refractivity contribution in [3.05, 3.63) is 59.5 Å². The first kappa shape index (κ1) is 20.8. The van der Waals surface area contributed by atoms with Crippen LogP contribution in [0.5, 0.6) is 0 Å². The molecule has 3 N–H and O–H groups in total. The van der Waals surface area contributed by atoms with Gasteiger partial charge in [-0.1, -0.05) is 18.2 Å². The standard InChI is InChI=1S/C21H21N3O6/c1-12(25)13-7-17(23-9-13)21(28)30-11-19(26)24-18(20(27)29-2)8-14-10-22-16-6-4-3-5-15(14)16/h3-7,9-10,18,22-23H,8,11H2,1-2H3,(H,24,26)/t18-/m0/s1. The van der Waals surface area contributed by atoms with E-state index in [1.54, 1.807) is 6.20 Å². The average Bonchev–Trinajstić information content (AvgIpc) is 3.39. The van der Waals surface area contributed by atoms with E-state index in [0.717, 1.165) is 16.5 Å². The summed E-state index contributed by atoms with van der Waals surface area (Å²) in [7, 11) is 1.23. The van der Waals surface area contributed by atoms with Gasteiger partial charge in [-0.15, -0.1) is 0 Å². The Labute approximate surface area is 171 Å². The van der Waals surface area contributed by atoms with Crippen LogP contribution in [0.25, 0.3) is 10.9 Å². The fourth-order valence-corrected chi connectivity index (χ4v) is 3.02. The van der Waals surface area contributed by atoms with Gasteiger partial charge in [0.25, 0.3) is 5.91 Å². The number of amides is 1. The van der Waals surface area contributed by atoms with Crippen LogP contribution in [0.4, 0.5) is 0 Å². The van der Waals surface area contributed by atoms with Crippen LogP contribution in [0.15, 0.2) is 42.7 Å². The van der Waals surface area contributed by atoms with E-state index in [4.69, 9.17) is 9.47 Å². The highest BCUT2D eigenvalue weighted by Gasteiger charge is 2.24. The maximum absolute atomic E-state index is 12.2. The molecule has 9 nitrogen and oxygen atoms in total. The van der Waals surface area contributed by atoms with Gasteiger partial charge in [-0.25, -0.2) is 9.59 Å². The summed E-state index contributed by atoms with van der Waals surface area (Å²) in [6.07, 6.45) is 3.35. The lowest BCUT2D eigenvalue weighted by Gasteiger charge is -2.16. The number of para-hydroxylation sites is 1. The highest BCUT2D eigenvalue weighted by molar-refractivity contribution is 5.98. The molecule has 0 spiro atoms. The minimum atomic E-state index is -0.949. The number of H-pyrrole nitrogens is 2. The maximum atomic E-state index is 12.2. The third-order valence-corrected chi connectivity index (χ3v) is 4.56. The van der Waals surface area contributed by atoms with Crippen LogP contribution in [0.1, 0.15) is 33.3 Å². The summed E-state index contributed by atoms with van der Waals surface area (Å²) in [6, 6.07) is 7.97. The molecule has 0 saturated carbocycles. The predicted molar refractivity (Wildman–Crippen MR) is 107 cm³/mol. The van der Waals surface area contributed by atoms with E-state index in [9.17, 15) is 19.2 Å². The number of hydrogen-bond acceptors (Lipinski definition) is 6. The zero-order valence-electron chi connectivity index (χ0n) is 16.5. The molecule has 1 aromatic carbocycles. The molecule has 3 aromatic rings. The molecule has 0 radical (unpaired) electrons. The average molecular weight is 411 g/mol. The second-order valence-electron chi connectivity index (χ2n) is 6.64. The van der Waals surface area contributed by atoms with Crippen molar-refractivity contribution in [3.63, 3.8) is 0 Å². The van der Waals surface area contributed by atoms with Crippen LogP contribution in [0.3, 0.4) is 0 Å². The fraction of sp³-hybridized carbons (Fsp3) is 0.238. The summed E-state index contributed by atoms with van der Waals surface area (Å²) in [5, 5.41) is 3.46. The number of aromatic nitrogens is 2. The van der Waals surface area contributed by atoms with E-state index in [1.165, 1.54) is 26.3 Å². The predicted octanol–water partition coefficient (Wildman–Crippen LogP) is 1.76. The smallest absolute Gasteiger partial charge is 0.355 e. The molecule has 1 amide bonds. The van der Waals surface area contributed by atoms with Gasteiger partial charge in [-0.05, 0) is 24.6 Å². The molecular weight excluding hydrogens is 390 g/mol. The maximum Gasteiger partial charge on any atom is 0.355 e. The lowest BCUT2D eigenvalue weighted by molar-refractivity contribution is -0.145. The van der Waals surface area contributed by atoms with Crippen LogP contribution in [-0.4, -0.2) is 53.4 Å². The van der Waals surface area contributed by atoms with Crippen molar-refractivity contribution < 1.29 is 28.7 Å². The summed E-state index contributed by atoms with van der Waals surface area (Å²) >= 11 is 0. The van der Waals surface area contributed by atoms with Crippen molar-refractivity contribution in [3.8, 4) is 0 Å². The van der Waals surface area contributed by atoms with Gasteiger partial charge in [0, 0.05) is 35.3 Å². The van der Waals surface area contributed by atoms with Gasteiger partial charge in [0.15, 0.2) is 12.4 Å². The SMILES string of the molecule is COC(=O)[C@H](Cc1c[nH]c2ccccc12)NC(=O)COC(=O)c1cc(C(C)=O)c[nH]1. The monoisotopic (exact) mass is 411 g/mol. The number of carbonyl (C=O) groups is 4. The second kappa shape index (κ2) is 9.08. The number of aromatic amines is 2. The van der Waals surface area contributed by atoms with Crippen LogP contribution in [0, 0.1) is 0 Å². The van der Waals surface area contributed by atoms with E-state index >= 15 is 0 Å². The Balaban J connectivity index is 1.61. The van der Waals surface area contributed by atoms with Gasteiger partial charge in [0.05, 0.1) is 7.11 Å². The van der Waals surface area contributed by atoms with E-state index in [-0.39, 0.29) is 17.9 Å². The van der Waals surface area contributed by atoms with Crippen molar-refractivity contribution in [2.75, 3.05) is 13.7 Å². The van der Waals surface area contributed by atoms with E-state index < -0.39 is 30.5 Å². The quantitative estimate of drug-likeness (QED) is 0.382. The van der Waals surface area contributed by atoms with E-state index in [1.807, 2.05) is 24.3 Å². The first-order valence-electron chi connectivity index (χ1n) is 9.17. The summed E-state index contributed by atoms with van der Waals surface area (Å²) in [5.41, 5.74) is 2.13. The van der Waals surface area contributed by atoms with Crippen LogP contribution in [-0.2, 0) is 25.5 Å². The topological polar surface area (TPSA) is 130 Å². The number of Topliss-reactive ketones (excluding diaryl/α,β-unsaturated/α-hetero) is 1. The third-order valence-electron chi connectivity index (χ3n) is 4.56. The molecule has 3 rings (SSSR count). The third kappa shape index (κ3) is 4.75. The van der Waals surface area contributed by atoms with Gasteiger partial charge in [-0.2, -0.15) is 0 Å². The molecule has 156 valence electrons. The number of esters is 2. The second-order valence-corrected chi connectivity index (χ2v) is 6.64. The molecule has 30 heavy (non-hydrogen) atoms. The highest BCUT2D eigenvalue weighted by Crippen LogP contribution is 2.19. The van der Waals surface area contributed by atoms with Crippen molar-refractivity contribution in [2.24, 2.45) is 0 Å². The molecule has 0 aliphatic rings. The van der Waals surface area contributed by atoms with Crippen molar-refractivity contribution in [1.82, 2.24) is 15.3 Å². The summed E-state index contributed by atoms with van der Waals surface area (Å²) in [6.45, 7) is 0.779. The number of nitrogens with one attached hydrogen (secondary N) is 3. The number of ketones is 1. The summed E-state index contributed by atoms with van der Waals surface area (Å²) in [5.74, 6) is -2.27. The number of methoxy groups -OCH3 is 1. The number of rotatable bonds is 8. The molecule has 9 heteroatoms. The van der Waals surface area contributed by atoms with Gasteiger partial charge in [-0.3, -0.25) is 9.59 Å². The largest absolute Gasteiger partial charge is 0.467 e. The first-order chi connectivity index (χ1) is 14.4. The Morgan fingerprint density at radius 2 is 1.87 bits per heavy atom. The molecule has 0 fully saturated rings. The molecule has 0 aliphatic carbocycles. The Hall–Kier alpha value is -3.88. The zero-order valence-corrected chi connectivity index (χ0v) is 16.5. The van der Waals surface area contributed by atoms with Gasteiger partial charge in [0.1, 0.15) is 11.7 Å². The van der Waals surface area contributed by atoms with Gasteiger partial charge < -0.3 is 24.8 Å². The Kier molecular flexibility index (Phi) is 6.31. The van der Waals surface area contributed by atoms with Crippen molar-refractivity contribution in [1.29, 1.82) is 0 Å². The summed E-state index contributed by atoms with van der Waals surface area (Å²) < 4.78 is 9.74. The number of ether oxygens (including phenoxy) is 2. The Morgan fingerprint density at radius 3 is 2.57 bits per heavy atom. The van der Waals surface area contributed by atoms with Crippen LogP contribution >= 0.6 is 0 Å².